The van der Waals surface area contributed by atoms with Crippen molar-refractivity contribution < 1.29 is 58.5 Å². The van der Waals surface area contributed by atoms with E-state index in [1.165, 1.54) is 0 Å². The Hall–Kier alpha value is -3.27. The van der Waals surface area contributed by atoms with Crippen LogP contribution >= 0.6 is 23.2 Å². The van der Waals surface area contributed by atoms with E-state index >= 15 is 0 Å². The second-order valence-electron chi connectivity index (χ2n) is 7.05. The van der Waals surface area contributed by atoms with Gasteiger partial charge in [0.15, 0.2) is 5.75 Å². The third kappa shape index (κ3) is 5.39. The monoisotopic (exact) mass is 585 g/mol. The van der Waals surface area contributed by atoms with Crippen LogP contribution in [0.15, 0.2) is 36.8 Å². The molecule has 0 aliphatic rings. The number of halogens is 12. The highest BCUT2D eigenvalue weighted by atomic mass is 35.5. The van der Waals surface area contributed by atoms with Crippen molar-refractivity contribution in [2.75, 3.05) is 0 Å². The first-order valence-corrected chi connectivity index (χ1v) is 9.88. The second-order valence-corrected chi connectivity index (χ2v) is 7.81. The molecule has 18 heteroatoms. The van der Waals surface area contributed by atoms with Gasteiger partial charge in [-0.05, 0) is 18.2 Å². The van der Waals surface area contributed by atoms with Gasteiger partial charge in [-0.1, -0.05) is 23.2 Å². The average molecular weight is 586 g/mol. The van der Waals surface area contributed by atoms with Crippen LogP contribution in [0.25, 0.3) is 16.8 Å². The molecule has 0 fully saturated rings. The molecule has 0 bridgehead atoms. The Labute approximate surface area is 208 Å². The lowest BCUT2D eigenvalue weighted by molar-refractivity contribution is -0.348. The van der Waals surface area contributed by atoms with Crippen molar-refractivity contribution >= 4 is 29.2 Å². The maximum Gasteiger partial charge on any atom is 0.573 e. The summed E-state index contributed by atoms with van der Waals surface area (Å²) in [6.45, 7) is 0. The topological polar surface area (TPSA) is 77.2 Å². The maximum absolute atomic E-state index is 14.5. The van der Waals surface area contributed by atoms with Gasteiger partial charge in [0.05, 0.1) is 16.8 Å². The van der Waals surface area contributed by atoms with Gasteiger partial charge < -0.3 is 9.84 Å². The predicted octanol–water partition coefficient (Wildman–Crippen LogP) is 7.13. The summed E-state index contributed by atoms with van der Waals surface area (Å²) < 4.78 is 136. The fourth-order valence-corrected chi connectivity index (χ4v) is 3.52. The summed E-state index contributed by atoms with van der Waals surface area (Å²) >= 11 is 11.4. The summed E-state index contributed by atoms with van der Waals surface area (Å²) in [7, 11) is 0. The molecule has 6 nitrogen and oxygen atoms in total. The Balaban J connectivity index is 2.23. The molecule has 3 aromatic rings. The van der Waals surface area contributed by atoms with Crippen LogP contribution in [0, 0.1) is 0 Å². The Morgan fingerprint density at radius 3 is 2.00 bits per heavy atom. The van der Waals surface area contributed by atoms with Crippen LogP contribution in [0.4, 0.5) is 43.9 Å². The van der Waals surface area contributed by atoms with E-state index in [9.17, 15) is 48.7 Å². The zero-order valence-electron chi connectivity index (χ0n) is 17.1. The first-order chi connectivity index (χ1) is 16.8. The Bertz CT molecular complexity index is 1340. The van der Waals surface area contributed by atoms with Crippen molar-refractivity contribution in [1.29, 1.82) is 0 Å². The Morgan fingerprint density at radius 2 is 1.49 bits per heavy atom. The standard InChI is InChI=1S/C19H7Cl2F10N3O3/c20-11-2-9(16(22,17(23,24)25)18(26,27)28)3-12(37-19(29,30)31)13(11)34-6-8(5-33-34)7-1-10(15(35)36)14(21)32-4-7/h1-6H,(H,35,36). The van der Waals surface area contributed by atoms with E-state index in [2.05, 4.69) is 14.8 Å². The molecule has 200 valence electrons. The first kappa shape index (κ1) is 28.3. The minimum atomic E-state index is -6.64. The predicted molar refractivity (Wildman–Crippen MR) is 105 cm³/mol. The average Bonchev–Trinajstić information content (AvgIpc) is 3.19. The molecule has 0 saturated heterocycles. The molecule has 1 N–H and O–H groups in total. The van der Waals surface area contributed by atoms with Gasteiger partial charge in [-0.25, -0.2) is 18.9 Å². The SMILES string of the molecule is O=C(O)c1cc(-c2cnn(-c3c(Cl)cc(C(F)(C(F)(F)F)C(F)(F)F)cc3OC(F)(F)F)c2)cnc1Cl. The minimum absolute atomic E-state index is 0.00370. The van der Waals surface area contributed by atoms with Crippen LogP contribution in [-0.4, -0.2) is 44.6 Å². The number of carboxylic acid groups (broad SMARTS) is 1. The number of nitrogens with zero attached hydrogens (tertiary/aromatic N) is 3. The van der Waals surface area contributed by atoms with E-state index in [0.29, 0.717) is 4.68 Å². The van der Waals surface area contributed by atoms with Crippen molar-refractivity contribution in [2.24, 2.45) is 0 Å². The summed E-state index contributed by atoms with van der Waals surface area (Å²) in [6.07, 6.45) is -16.1. The summed E-state index contributed by atoms with van der Waals surface area (Å²) in [5.74, 6) is -3.24. The third-order valence-electron chi connectivity index (χ3n) is 4.65. The number of carboxylic acids is 1. The first-order valence-electron chi connectivity index (χ1n) is 9.12. The molecular formula is C19H7Cl2F10N3O3. The molecule has 1 aromatic carbocycles. The highest BCUT2D eigenvalue weighted by Gasteiger charge is 2.73. The van der Waals surface area contributed by atoms with E-state index in [-0.39, 0.29) is 17.2 Å². The fourth-order valence-electron chi connectivity index (χ4n) is 3.04. The van der Waals surface area contributed by atoms with Crippen molar-refractivity contribution in [3.8, 4) is 22.6 Å². The van der Waals surface area contributed by atoms with Crippen LogP contribution in [-0.2, 0) is 5.67 Å². The van der Waals surface area contributed by atoms with Gasteiger partial charge in [0, 0.05) is 29.1 Å². The van der Waals surface area contributed by atoms with Gasteiger partial charge in [0.1, 0.15) is 10.8 Å². The lowest BCUT2D eigenvalue weighted by Crippen LogP contribution is -2.50. The van der Waals surface area contributed by atoms with Gasteiger partial charge >= 0.3 is 30.4 Å². The van der Waals surface area contributed by atoms with E-state index in [1.54, 1.807) is 0 Å². The number of rotatable bonds is 5. The normalized spacial score (nSPS) is 13.1. The number of aromatic nitrogens is 3. The van der Waals surface area contributed by atoms with Crippen molar-refractivity contribution in [3.05, 3.63) is 58.1 Å². The molecule has 0 spiro atoms. The number of ether oxygens (including phenoxy) is 1. The summed E-state index contributed by atoms with van der Waals surface area (Å²) in [5, 5.41) is 11.1. The van der Waals surface area contributed by atoms with Gasteiger partial charge in [-0.15, -0.1) is 13.2 Å². The van der Waals surface area contributed by atoms with Crippen molar-refractivity contribution in [1.82, 2.24) is 14.8 Å². The number of benzene rings is 1. The third-order valence-corrected chi connectivity index (χ3v) is 5.24. The molecule has 0 amide bonds. The Morgan fingerprint density at radius 1 is 0.892 bits per heavy atom. The molecule has 2 heterocycles. The van der Waals surface area contributed by atoms with E-state index in [4.69, 9.17) is 28.3 Å². The number of hydrogen-bond acceptors (Lipinski definition) is 4. The highest BCUT2D eigenvalue weighted by Crippen LogP contribution is 2.55. The second kappa shape index (κ2) is 9.24. The molecule has 0 saturated carbocycles. The Kier molecular flexibility index (Phi) is 7.07. The van der Waals surface area contributed by atoms with Gasteiger partial charge in [0.2, 0.25) is 0 Å². The molecule has 0 unspecified atom stereocenters. The van der Waals surface area contributed by atoms with Crippen LogP contribution in [0.1, 0.15) is 15.9 Å². The zero-order valence-corrected chi connectivity index (χ0v) is 18.6. The summed E-state index contributed by atoms with van der Waals surface area (Å²) in [5.41, 5.74) is -9.98. The smallest absolute Gasteiger partial charge is 0.478 e. The summed E-state index contributed by atoms with van der Waals surface area (Å²) in [6, 6.07) is 0.374. The molecule has 0 radical (unpaired) electrons. The molecule has 37 heavy (non-hydrogen) atoms. The fraction of sp³-hybridized carbons (Fsp3) is 0.211. The van der Waals surface area contributed by atoms with Crippen LogP contribution in [0.5, 0.6) is 5.75 Å². The van der Waals surface area contributed by atoms with Gasteiger partial charge in [0.25, 0.3) is 0 Å². The van der Waals surface area contributed by atoms with Gasteiger partial charge in [-0.2, -0.15) is 31.4 Å². The lowest BCUT2D eigenvalue weighted by Gasteiger charge is -2.31. The lowest BCUT2D eigenvalue weighted by atomic mass is 9.93. The molecule has 3 rings (SSSR count). The maximum atomic E-state index is 14.5. The van der Waals surface area contributed by atoms with Crippen LogP contribution in [0.3, 0.4) is 0 Å². The minimum Gasteiger partial charge on any atom is -0.478 e. The molecule has 0 aliphatic carbocycles. The molecule has 2 aromatic heterocycles. The largest absolute Gasteiger partial charge is 0.573 e. The number of aromatic carboxylic acids is 1. The zero-order chi connectivity index (χ0) is 28.1. The summed E-state index contributed by atoms with van der Waals surface area (Å²) in [4.78, 5) is 14.9. The quantitative estimate of drug-likeness (QED) is 0.255. The van der Waals surface area contributed by atoms with E-state index < -0.39 is 69.2 Å². The van der Waals surface area contributed by atoms with Crippen molar-refractivity contribution in [2.45, 2.75) is 24.4 Å². The van der Waals surface area contributed by atoms with E-state index in [1.807, 2.05) is 0 Å². The number of alkyl halides is 10. The van der Waals surface area contributed by atoms with Crippen LogP contribution < -0.4 is 4.74 Å². The number of carbonyl (C=O) groups is 1. The molecular weight excluding hydrogens is 579 g/mol. The van der Waals surface area contributed by atoms with E-state index in [0.717, 1.165) is 24.7 Å². The highest BCUT2D eigenvalue weighted by molar-refractivity contribution is 6.33. The number of hydrogen-bond donors (Lipinski definition) is 1. The molecule has 0 aliphatic heterocycles. The van der Waals surface area contributed by atoms with Gasteiger partial charge in [-0.3, -0.25) is 0 Å². The van der Waals surface area contributed by atoms with Crippen molar-refractivity contribution in [3.63, 3.8) is 0 Å². The molecule has 0 atom stereocenters. The van der Waals surface area contributed by atoms with Crippen LogP contribution in [0.2, 0.25) is 10.2 Å². The number of pyridine rings is 1.